The van der Waals surface area contributed by atoms with Gasteiger partial charge < -0.3 is 20.9 Å². The van der Waals surface area contributed by atoms with Crippen molar-refractivity contribution in [2.75, 3.05) is 25.7 Å². The Bertz CT molecular complexity index is 724. The summed E-state index contributed by atoms with van der Waals surface area (Å²) in [5.41, 5.74) is 14.5. The van der Waals surface area contributed by atoms with Crippen LogP contribution in [0.3, 0.4) is 0 Å². The number of rotatable bonds is 4. The molecular formula is C20H22N2O4. The van der Waals surface area contributed by atoms with Crippen LogP contribution in [0.15, 0.2) is 48.5 Å². The molecule has 0 aliphatic heterocycles. The second-order valence-corrected chi connectivity index (χ2v) is 6.48. The molecule has 0 heterocycles. The van der Waals surface area contributed by atoms with Gasteiger partial charge in [0.2, 0.25) is 0 Å². The van der Waals surface area contributed by atoms with E-state index in [-0.39, 0.29) is 23.8 Å². The standard InChI is InChI=1S/C20H22N2O4/c1-25-19(23)17-15(11-3-7-13(21)8-4-11)18(20(24)26-2)16(17)12-5-9-14(22)10-6-12/h3-10,15-18H,21-22H2,1-2H3. The van der Waals surface area contributed by atoms with Gasteiger partial charge in [-0.05, 0) is 35.4 Å². The largest absolute Gasteiger partial charge is 0.469 e. The van der Waals surface area contributed by atoms with E-state index < -0.39 is 11.8 Å². The fourth-order valence-electron chi connectivity index (χ4n) is 3.87. The first-order valence-corrected chi connectivity index (χ1v) is 8.34. The van der Waals surface area contributed by atoms with Gasteiger partial charge in [-0.25, -0.2) is 0 Å². The fraction of sp³-hybridized carbons (Fsp3) is 0.300. The van der Waals surface area contributed by atoms with Crippen molar-refractivity contribution in [1.29, 1.82) is 0 Å². The van der Waals surface area contributed by atoms with Crippen molar-refractivity contribution in [2.45, 2.75) is 11.8 Å². The predicted octanol–water partition coefficient (Wildman–Crippen LogP) is 2.31. The van der Waals surface area contributed by atoms with Gasteiger partial charge in [0.1, 0.15) is 0 Å². The molecule has 3 rings (SSSR count). The number of benzene rings is 2. The molecule has 1 aliphatic carbocycles. The first-order valence-electron chi connectivity index (χ1n) is 8.34. The highest BCUT2D eigenvalue weighted by Crippen LogP contribution is 2.58. The topological polar surface area (TPSA) is 105 Å². The lowest BCUT2D eigenvalue weighted by Gasteiger charge is -2.49. The average Bonchev–Trinajstić information content (AvgIpc) is 2.63. The van der Waals surface area contributed by atoms with Gasteiger partial charge in [0.05, 0.1) is 26.1 Å². The van der Waals surface area contributed by atoms with Gasteiger partial charge >= 0.3 is 11.9 Å². The van der Waals surface area contributed by atoms with E-state index >= 15 is 0 Å². The maximum absolute atomic E-state index is 12.5. The summed E-state index contributed by atoms with van der Waals surface area (Å²) in [5.74, 6) is -2.36. The molecule has 0 bridgehead atoms. The molecule has 0 radical (unpaired) electrons. The summed E-state index contributed by atoms with van der Waals surface area (Å²) in [7, 11) is 2.71. The van der Waals surface area contributed by atoms with Crippen molar-refractivity contribution in [3.05, 3.63) is 59.7 Å². The lowest BCUT2D eigenvalue weighted by atomic mass is 9.52. The molecule has 0 aromatic heterocycles. The van der Waals surface area contributed by atoms with Gasteiger partial charge in [-0.3, -0.25) is 9.59 Å². The maximum Gasteiger partial charge on any atom is 0.309 e. The number of hydrogen-bond donors (Lipinski definition) is 2. The van der Waals surface area contributed by atoms with Crippen LogP contribution in [0.2, 0.25) is 0 Å². The molecule has 0 spiro atoms. The van der Waals surface area contributed by atoms with Gasteiger partial charge in [-0.15, -0.1) is 0 Å². The molecule has 4 N–H and O–H groups in total. The molecule has 6 heteroatoms. The molecule has 1 aliphatic rings. The predicted molar refractivity (Wildman–Crippen MR) is 98.2 cm³/mol. The first-order chi connectivity index (χ1) is 12.5. The monoisotopic (exact) mass is 354 g/mol. The summed E-state index contributed by atoms with van der Waals surface area (Å²) in [6, 6.07) is 14.4. The van der Waals surface area contributed by atoms with Crippen LogP contribution < -0.4 is 11.5 Å². The molecular weight excluding hydrogens is 332 g/mol. The number of ether oxygens (including phenoxy) is 2. The highest BCUT2D eigenvalue weighted by molar-refractivity contribution is 5.85. The number of nitrogens with two attached hydrogens (primary N) is 2. The van der Waals surface area contributed by atoms with E-state index in [1.165, 1.54) is 14.2 Å². The number of nitrogen functional groups attached to an aromatic ring is 2. The zero-order valence-electron chi connectivity index (χ0n) is 14.7. The number of methoxy groups -OCH3 is 2. The summed E-state index contributed by atoms with van der Waals surface area (Å²) in [4.78, 5) is 25.1. The molecule has 0 saturated heterocycles. The molecule has 6 nitrogen and oxygen atoms in total. The van der Waals surface area contributed by atoms with Crippen LogP contribution in [0.4, 0.5) is 11.4 Å². The smallest absolute Gasteiger partial charge is 0.309 e. The van der Waals surface area contributed by atoms with E-state index in [1.807, 2.05) is 24.3 Å². The number of carbonyl (C=O) groups is 2. The summed E-state index contributed by atoms with van der Waals surface area (Å²) >= 11 is 0. The number of carbonyl (C=O) groups excluding carboxylic acids is 2. The summed E-state index contributed by atoms with van der Waals surface area (Å²) in [5, 5.41) is 0. The van der Waals surface area contributed by atoms with Crippen LogP contribution >= 0.6 is 0 Å². The maximum atomic E-state index is 12.5. The zero-order valence-corrected chi connectivity index (χ0v) is 14.7. The van der Waals surface area contributed by atoms with Crippen LogP contribution in [0.1, 0.15) is 23.0 Å². The van der Waals surface area contributed by atoms with Crippen molar-refractivity contribution < 1.29 is 19.1 Å². The van der Waals surface area contributed by atoms with Crippen molar-refractivity contribution in [3.8, 4) is 0 Å². The van der Waals surface area contributed by atoms with Gasteiger partial charge in [-0.2, -0.15) is 0 Å². The molecule has 0 unspecified atom stereocenters. The Labute approximate surface area is 152 Å². The molecule has 1 saturated carbocycles. The summed E-state index contributed by atoms with van der Waals surface area (Å²) in [6.45, 7) is 0. The molecule has 0 amide bonds. The van der Waals surface area contributed by atoms with Crippen LogP contribution in [0.25, 0.3) is 0 Å². The van der Waals surface area contributed by atoms with Crippen molar-refractivity contribution in [3.63, 3.8) is 0 Å². The Morgan fingerprint density at radius 3 is 1.27 bits per heavy atom. The van der Waals surface area contributed by atoms with Gasteiger partial charge in [-0.1, -0.05) is 24.3 Å². The molecule has 136 valence electrons. The van der Waals surface area contributed by atoms with E-state index in [2.05, 4.69) is 0 Å². The minimum atomic E-state index is -0.489. The number of hydrogen-bond acceptors (Lipinski definition) is 6. The first kappa shape index (κ1) is 17.8. The molecule has 26 heavy (non-hydrogen) atoms. The highest BCUT2D eigenvalue weighted by atomic mass is 16.5. The summed E-state index contributed by atoms with van der Waals surface area (Å²) in [6.07, 6.45) is 0. The van der Waals surface area contributed by atoms with E-state index in [9.17, 15) is 9.59 Å². The van der Waals surface area contributed by atoms with Crippen LogP contribution in [-0.4, -0.2) is 26.2 Å². The van der Waals surface area contributed by atoms with Crippen LogP contribution in [-0.2, 0) is 19.1 Å². The van der Waals surface area contributed by atoms with Crippen LogP contribution in [0.5, 0.6) is 0 Å². The van der Waals surface area contributed by atoms with E-state index in [4.69, 9.17) is 20.9 Å². The molecule has 1 fully saturated rings. The molecule has 2 aromatic carbocycles. The van der Waals surface area contributed by atoms with Gasteiger partial charge in [0, 0.05) is 23.2 Å². The Hall–Kier alpha value is -3.02. The minimum absolute atomic E-state index is 0.335. The SMILES string of the molecule is COC(=O)C1C(c2ccc(N)cc2)C(C(=O)OC)C1c1ccc(N)cc1. The second kappa shape index (κ2) is 7.07. The lowest BCUT2D eigenvalue weighted by molar-refractivity contribution is -0.164. The van der Waals surface area contributed by atoms with Gasteiger partial charge in [0.25, 0.3) is 0 Å². The third-order valence-electron chi connectivity index (χ3n) is 5.14. The van der Waals surface area contributed by atoms with E-state index in [1.54, 1.807) is 24.3 Å². The van der Waals surface area contributed by atoms with Crippen molar-refractivity contribution >= 4 is 23.3 Å². The third kappa shape index (κ3) is 2.98. The van der Waals surface area contributed by atoms with E-state index in [0.717, 1.165) is 11.1 Å². The van der Waals surface area contributed by atoms with Crippen molar-refractivity contribution in [1.82, 2.24) is 0 Å². The second-order valence-electron chi connectivity index (χ2n) is 6.48. The van der Waals surface area contributed by atoms with Gasteiger partial charge in [0.15, 0.2) is 0 Å². The van der Waals surface area contributed by atoms with Crippen LogP contribution in [0, 0.1) is 11.8 Å². The zero-order chi connectivity index (χ0) is 18.8. The molecule has 0 atom stereocenters. The Morgan fingerprint density at radius 1 is 0.692 bits per heavy atom. The number of anilines is 2. The fourth-order valence-corrected chi connectivity index (χ4v) is 3.87. The third-order valence-corrected chi connectivity index (χ3v) is 5.14. The Balaban J connectivity index is 2.06. The Kier molecular flexibility index (Phi) is 4.84. The van der Waals surface area contributed by atoms with E-state index in [0.29, 0.717) is 11.4 Å². The normalized spacial score (nSPS) is 24.4. The Morgan fingerprint density at radius 2 is 1.00 bits per heavy atom. The number of esters is 2. The molecule has 2 aromatic rings. The lowest BCUT2D eigenvalue weighted by Crippen LogP contribution is -2.51. The average molecular weight is 354 g/mol. The quantitative estimate of drug-likeness (QED) is 0.645. The highest BCUT2D eigenvalue weighted by Gasteiger charge is 2.59. The minimum Gasteiger partial charge on any atom is -0.469 e. The van der Waals surface area contributed by atoms with Crippen molar-refractivity contribution in [2.24, 2.45) is 11.8 Å². The summed E-state index contributed by atoms with van der Waals surface area (Å²) < 4.78 is 10.1.